The molecule has 0 saturated carbocycles. The molecular weight excluding hydrogens is 432 g/mol. The van der Waals surface area contributed by atoms with Crippen molar-refractivity contribution in [2.24, 2.45) is 0 Å². The zero-order chi connectivity index (χ0) is 23.2. The fraction of sp³-hybridized carbons (Fsp3) is 0.364. The molecule has 2 aliphatic rings. The molecule has 2 aromatic carbocycles. The minimum Gasteiger partial charge on any atom is -0.486 e. The fourth-order valence-corrected chi connectivity index (χ4v) is 3.61. The van der Waals surface area contributed by atoms with E-state index in [9.17, 15) is 19.7 Å². The van der Waals surface area contributed by atoms with Gasteiger partial charge in [0.1, 0.15) is 13.2 Å². The lowest BCUT2D eigenvalue weighted by Crippen LogP contribution is -2.34. The number of nitrogens with zero attached hydrogens (tertiary/aromatic N) is 1. The Kier molecular flexibility index (Phi) is 7.01. The predicted octanol–water partition coefficient (Wildman–Crippen LogP) is 2.33. The van der Waals surface area contributed by atoms with E-state index >= 15 is 0 Å². The van der Waals surface area contributed by atoms with Crippen LogP contribution in [0.5, 0.6) is 11.5 Å². The number of hydrogen-bond donors (Lipinski definition) is 3. The van der Waals surface area contributed by atoms with E-state index in [4.69, 9.17) is 14.2 Å². The maximum Gasteiger partial charge on any atom is 0.270 e. The highest BCUT2D eigenvalue weighted by molar-refractivity contribution is 6.10. The topological polar surface area (TPSA) is 141 Å². The number of nitro benzene ring substituents is 1. The Bertz CT molecular complexity index is 1050. The number of nitro groups is 1. The van der Waals surface area contributed by atoms with E-state index in [2.05, 4.69) is 16.0 Å². The van der Waals surface area contributed by atoms with Crippen molar-refractivity contribution in [1.29, 1.82) is 0 Å². The number of rotatable bonds is 8. The smallest absolute Gasteiger partial charge is 0.270 e. The maximum atomic E-state index is 13.0. The van der Waals surface area contributed by atoms with Crippen molar-refractivity contribution in [3.8, 4) is 11.5 Å². The quantitative estimate of drug-likeness (QED) is 0.406. The second-order valence-corrected chi connectivity index (χ2v) is 7.61. The first-order valence-corrected chi connectivity index (χ1v) is 10.6. The fourth-order valence-electron chi connectivity index (χ4n) is 3.61. The summed E-state index contributed by atoms with van der Waals surface area (Å²) in [6.45, 7) is 2.12. The van der Waals surface area contributed by atoms with Gasteiger partial charge in [0, 0.05) is 37.0 Å². The monoisotopic (exact) mass is 456 g/mol. The second-order valence-electron chi connectivity index (χ2n) is 7.61. The Balaban J connectivity index is 1.45. The van der Waals surface area contributed by atoms with Crippen molar-refractivity contribution >= 4 is 28.9 Å². The molecule has 174 valence electrons. The summed E-state index contributed by atoms with van der Waals surface area (Å²) < 4.78 is 16.5. The number of hydrogen-bond acceptors (Lipinski definition) is 8. The van der Waals surface area contributed by atoms with Gasteiger partial charge in [-0.2, -0.15) is 0 Å². The van der Waals surface area contributed by atoms with E-state index in [0.29, 0.717) is 36.9 Å². The number of fused-ring (bicyclic) bond motifs is 1. The van der Waals surface area contributed by atoms with Crippen molar-refractivity contribution in [3.05, 3.63) is 52.1 Å². The van der Waals surface area contributed by atoms with E-state index in [1.54, 1.807) is 18.2 Å². The molecule has 1 unspecified atom stereocenters. The number of carbonyl (C=O) groups is 2. The van der Waals surface area contributed by atoms with Crippen molar-refractivity contribution in [2.45, 2.75) is 18.9 Å². The molecule has 0 aromatic heterocycles. The molecule has 1 atom stereocenters. The van der Waals surface area contributed by atoms with Gasteiger partial charge in [-0.1, -0.05) is 0 Å². The van der Waals surface area contributed by atoms with E-state index in [-0.39, 0.29) is 35.5 Å². The summed E-state index contributed by atoms with van der Waals surface area (Å²) in [5.41, 5.74) is 0.286. The molecule has 3 N–H and O–H groups in total. The number of anilines is 2. The highest BCUT2D eigenvalue weighted by Gasteiger charge is 2.20. The Morgan fingerprint density at radius 2 is 1.85 bits per heavy atom. The molecule has 2 amide bonds. The Hall–Kier alpha value is -3.70. The lowest BCUT2D eigenvalue weighted by atomic mass is 10.1. The SMILES string of the molecule is O=C(CNCC1CCCO1)Nc1ccc([N+](=O)[O-])cc1C(=O)Nc1ccc2c(c1)OCCO2. The molecule has 33 heavy (non-hydrogen) atoms. The summed E-state index contributed by atoms with van der Waals surface area (Å²) in [6, 6.07) is 8.61. The van der Waals surface area contributed by atoms with Gasteiger partial charge < -0.3 is 30.2 Å². The van der Waals surface area contributed by atoms with Crippen LogP contribution in [0.3, 0.4) is 0 Å². The van der Waals surface area contributed by atoms with Crippen LogP contribution in [0, 0.1) is 10.1 Å². The number of amides is 2. The van der Waals surface area contributed by atoms with Gasteiger partial charge in [0.05, 0.1) is 28.8 Å². The van der Waals surface area contributed by atoms with Crippen molar-refractivity contribution in [2.75, 3.05) is 43.5 Å². The van der Waals surface area contributed by atoms with E-state index < -0.39 is 10.8 Å². The molecule has 2 aliphatic heterocycles. The van der Waals surface area contributed by atoms with E-state index in [0.717, 1.165) is 25.5 Å². The molecule has 0 bridgehead atoms. The maximum absolute atomic E-state index is 13.0. The lowest BCUT2D eigenvalue weighted by Gasteiger charge is -2.19. The number of carbonyl (C=O) groups excluding carboxylic acids is 2. The molecule has 0 radical (unpaired) electrons. The lowest BCUT2D eigenvalue weighted by molar-refractivity contribution is -0.384. The van der Waals surface area contributed by atoms with Gasteiger partial charge >= 0.3 is 0 Å². The Labute approximate surface area is 189 Å². The van der Waals surface area contributed by atoms with Crippen LogP contribution in [0.1, 0.15) is 23.2 Å². The zero-order valence-electron chi connectivity index (χ0n) is 17.8. The average Bonchev–Trinajstić information content (AvgIpc) is 3.32. The molecule has 11 heteroatoms. The Morgan fingerprint density at radius 3 is 2.61 bits per heavy atom. The molecule has 2 aromatic rings. The van der Waals surface area contributed by atoms with Crippen LogP contribution in [-0.2, 0) is 9.53 Å². The number of ether oxygens (including phenoxy) is 3. The molecule has 0 spiro atoms. The van der Waals surface area contributed by atoms with Gasteiger partial charge in [0.2, 0.25) is 5.91 Å². The van der Waals surface area contributed by atoms with Crippen molar-refractivity contribution in [3.63, 3.8) is 0 Å². The van der Waals surface area contributed by atoms with Gasteiger partial charge in [0.15, 0.2) is 11.5 Å². The third-order valence-electron chi connectivity index (χ3n) is 5.21. The van der Waals surface area contributed by atoms with Gasteiger partial charge in [-0.05, 0) is 31.0 Å². The summed E-state index contributed by atoms with van der Waals surface area (Å²) in [4.78, 5) is 36.0. The van der Waals surface area contributed by atoms with Gasteiger partial charge in [-0.15, -0.1) is 0 Å². The molecule has 4 rings (SSSR count). The third-order valence-corrected chi connectivity index (χ3v) is 5.21. The first kappa shape index (κ1) is 22.5. The summed E-state index contributed by atoms with van der Waals surface area (Å²) in [6.07, 6.45) is 2.04. The molecule has 11 nitrogen and oxygen atoms in total. The minimum absolute atomic E-state index is 0.0140. The van der Waals surface area contributed by atoms with E-state index in [1.807, 2.05) is 0 Å². The number of nitrogens with one attached hydrogen (secondary N) is 3. The normalized spacial score (nSPS) is 16.8. The highest BCUT2D eigenvalue weighted by Crippen LogP contribution is 2.33. The number of non-ortho nitro benzene ring substituents is 1. The molecule has 0 aliphatic carbocycles. The summed E-state index contributed by atoms with van der Waals surface area (Å²) in [5, 5.41) is 19.6. The van der Waals surface area contributed by atoms with Crippen LogP contribution in [0.2, 0.25) is 0 Å². The minimum atomic E-state index is -0.613. The molecular formula is C22H24N4O7. The Morgan fingerprint density at radius 1 is 1.03 bits per heavy atom. The first-order valence-electron chi connectivity index (χ1n) is 10.6. The highest BCUT2D eigenvalue weighted by atomic mass is 16.6. The van der Waals surface area contributed by atoms with Gasteiger partial charge in [-0.25, -0.2) is 0 Å². The summed E-state index contributed by atoms with van der Waals surface area (Å²) >= 11 is 0. The van der Waals surface area contributed by atoms with Crippen LogP contribution in [0.25, 0.3) is 0 Å². The van der Waals surface area contributed by atoms with Crippen LogP contribution >= 0.6 is 0 Å². The van der Waals surface area contributed by atoms with Crippen LogP contribution in [0.15, 0.2) is 36.4 Å². The van der Waals surface area contributed by atoms with Gasteiger partial charge in [-0.3, -0.25) is 19.7 Å². The average molecular weight is 456 g/mol. The van der Waals surface area contributed by atoms with E-state index in [1.165, 1.54) is 12.1 Å². The van der Waals surface area contributed by atoms with Crippen molar-refractivity contribution in [1.82, 2.24) is 5.32 Å². The number of benzene rings is 2. The summed E-state index contributed by atoms with van der Waals surface area (Å²) in [7, 11) is 0. The van der Waals surface area contributed by atoms with Gasteiger partial charge in [0.25, 0.3) is 11.6 Å². The molecule has 1 saturated heterocycles. The predicted molar refractivity (Wildman–Crippen MR) is 119 cm³/mol. The third kappa shape index (κ3) is 5.76. The standard InChI is InChI=1S/C22H24N4O7/c27-21(13-23-12-16-2-1-7-31-16)25-18-5-4-15(26(29)30)11-17(18)22(28)24-14-3-6-19-20(10-14)33-9-8-32-19/h3-6,10-11,16,23H,1-2,7-9,12-13H2,(H,24,28)(H,25,27). The van der Waals surface area contributed by atoms with Crippen LogP contribution in [-0.4, -0.2) is 55.8 Å². The largest absolute Gasteiger partial charge is 0.486 e. The molecule has 2 heterocycles. The zero-order valence-corrected chi connectivity index (χ0v) is 17.8. The van der Waals surface area contributed by atoms with Crippen LogP contribution in [0.4, 0.5) is 17.1 Å². The second kappa shape index (κ2) is 10.3. The van der Waals surface area contributed by atoms with Crippen molar-refractivity contribution < 1.29 is 28.7 Å². The first-order chi connectivity index (χ1) is 16.0. The summed E-state index contributed by atoms with van der Waals surface area (Å²) in [5.74, 6) is 0.0650. The molecule has 1 fully saturated rings. The van der Waals surface area contributed by atoms with Crippen LogP contribution < -0.4 is 25.4 Å².